The molecule has 1 aliphatic carbocycles. The minimum atomic E-state index is -3.94. The van der Waals surface area contributed by atoms with Crippen LogP contribution in [-0.2, 0) is 20.0 Å². The zero-order chi connectivity index (χ0) is 32.9. The average Bonchev–Trinajstić information content (AvgIpc) is 3.03. The molecule has 2 fully saturated rings. The maximum atomic E-state index is 14.5. The highest BCUT2D eigenvalue weighted by Gasteiger charge is 2.31. The molecule has 12 heteroatoms. The van der Waals surface area contributed by atoms with Crippen LogP contribution >= 0.6 is 24.8 Å². The van der Waals surface area contributed by atoms with E-state index in [-0.39, 0.29) is 47.7 Å². The highest BCUT2D eigenvalue weighted by molar-refractivity contribution is 7.89. The Morgan fingerprint density at radius 1 is 0.708 bits per heavy atom. The van der Waals surface area contributed by atoms with Gasteiger partial charge in [0.2, 0.25) is 20.0 Å². The van der Waals surface area contributed by atoms with Gasteiger partial charge in [0, 0.05) is 63.3 Å². The second kappa shape index (κ2) is 17.7. The van der Waals surface area contributed by atoms with Crippen LogP contribution in [0.2, 0.25) is 0 Å². The van der Waals surface area contributed by atoms with Gasteiger partial charge in [-0.1, -0.05) is 67.8 Å². The SMILES string of the molecule is C=C1CN(S(=O)(=O)c2ccc(C)cc2)CCCN(CC2CCCCC2)CCCN(S(=O)(=O)c2cccc3c(N(C)C)cccc23)C1.Cl.Cl. The lowest BCUT2D eigenvalue weighted by Crippen LogP contribution is -2.42. The average molecular weight is 740 g/mol. The van der Waals surface area contributed by atoms with Gasteiger partial charge in [-0.25, -0.2) is 16.8 Å². The number of benzene rings is 3. The molecule has 0 N–H and O–H groups in total. The predicted molar refractivity (Wildman–Crippen MR) is 203 cm³/mol. The zero-order valence-electron chi connectivity index (χ0n) is 28.5. The third kappa shape index (κ3) is 9.53. The van der Waals surface area contributed by atoms with Gasteiger partial charge in [-0.05, 0) is 81.5 Å². The molecule has 3 aromatic rings. The van der Waals surface area contributed by atoms with E-state index in [2.05, 4.69) is 11.5 Å². The highest BCUT2D eigenvalue weighted by Crippen LogP contribution is 2.32. The monoisotopic (exact) mass is 738 g/mol. The van der Waals surface area contributed by atoms with Crippen LogP contribution in [0.5, 0.6) is 0 Å². The van der Waals surface area contributed by atoms with Crippen LogP contribution in [0.3, 0.4) is 0 Å². The third-order valence-corrected chi connectivity index (χ3v) is 13.2. The van der Waals surface area contributed by atoms with E-state index in [1.807, 2.05) is 62.3 Å². The molecule has 0 amide bonds. The van der Waals surface area contributed by atoms with Gasteiger partial charge in [-0.3, -0.25) is 0 Å². The van der Waals surface area contributed by atoms with Crippen LogP contribution in [0.25, 0.3) is 10.8 Å². The van der Waals surface area contributed by atoms with Crippen molar-refractivity contribution in [3.63, 3.8) is 0 Å². The van der Waals surface area contributed by atoms with E-state index >= 15 is 0 Å². The highest BCUT2D eigenvalue weighted by atomic mass is 35.5. The summed E-state index contributed by atoms with van der Waals surface area (Å²) in [6.07, 6.45) is 7.66. The van der Waals surface area contributed by atoms with Gasteiger partial charge in [-0.2, -0.15) is 8.61 Å². The zero-order valence-corrected chi connectivity index (χ0v) is 31.8. The molecule has 48 heavy (non-hydrogen) atoms. The van der Waals surface area contributed by atoms with E-state index in [1.165, 1.54) is 40.7 Å². The summed E-state index contributed by atoms with van der Waals surface area (Å²) >= 11 is 0. The van der Waals surface area contributed by atoms with Gasteiger partial charge in [-0.15, -0.1) is 24.8 Å². The van der Waals surface area contributed by atoms with Crippen LogP contribution in [0, 0.1) is 12.8 Å². The largest absolute Gasteiger partial charge is 0.377 e. The summed E-state index contributed by atoms with van der Waals surface area (Å²) in [5.41, 5.74) is 2.48. The molecule has 0 radical (unpaired) electrons. The van der Waals surface area contributed by atoms with E-state index in [1.54, 1.807) is 24.3 Å². The fourth-order valence-electron chi connectivity index (χ4n) is 6.97. The summed E-state index contributed by atoms with van der Waals surface area (Å²) < 4.78 is 59.9. The molecule has 0 bridgehead atoms. The van der Waals surface area contributed by atoms with E-state index < -0.39 is 20.0 Å². The molecule has 0 atom stereocenters. The number of hydrogen-bond acceptors (Lipinski definition) is 6. The second-order valence-corrected chi connectivity index (χ2v) is 17.1. The quantitative estimate of drug-likeness (QED) is 0.244. The number of halogens is 2. The molecule has 1 saturated carbocycles. The van der Waals surface area contributed by atoms with Crippen LogP contribution in [0.15, 0.2) is 82.6 Å². The van der Waals surface area contributed by atoms with Crippen LogP contribution in [0.1, 0.15) is 50.5 Å². The van der Waals surface area contributed by atoms with Crippen LogP contribution in [0.4, 0.5) is 5.69 Å². The first-order valence-corrected chi connectivity index (χ1v) is 19.5. The molecule has 0 spiro atoms. The van der Waals surface area contributed by atoms with Crippen molar-refractivity contribution in [3.8, 4) is 0 Å². The molecule has 2 aliphatic rings. The fraction of sp³-hybridized carbons (Fsp3) is 0.500. The Labute approximate surface area is 301 Å². The van der Waals surface area contributed by atoms with E-state index in [0.29, 0.717) is 42.8 Å². The number of nitrogens with zero attached hydrogens (tertiary/aromatic N) is 4. The number of sulfonamides is 2. The first-order chi connectivity index (χ1) is 22.0. The van der Waals surface area contributed by atoms with Gasteiger partial charge in [0.05, 0.1) is 9.79 Å². The van der Waals surface area contributed by atoms with Gasteiger partial charge in [0.25, 0.3) is 0 Å². The number of fused-ring (bicyclic) bond motifs is 1. The molecule has 0 aromatic heterocycles. The molecule has 266 valence electrons. The summed E-state index contributed by atoms with van der Waals surface area (Å²) in [7, 11) is -3.85. The molecule has 3 aromatic carbocycles. The smallest absolute Gasteiger partial charge is 0.243 e. The number of aryl methyl sites for hydroxylation is 1. The molecule has 1 aliphatic heterocycles. The Bertz CT molecular complexity index is 1730. The van der Waals surface area contributed by atoms with Crippen molar-refractivity contribution < 1.29 is 16.8 Å². The molecule has 1 saturated heterocycles. The van der Waals surface area contributed by atoms with E-state index in [9.17, 15) is 16.8 Å². The normalized spacial score (nSPS) is 18.7. The van der Waals surface area contributed by atoms with Crippen molar-refractivity contribution in [3.05, 3.63) is 78.4 Å². The predicted octanol–water partition coefficient (Wildman–Crippen LogP) is 6.97. The maximum absolute atomic E-state index is 14.5. The van der Waals surface area contributed by atoms with Gasteiger partial charge in [0.15, 0.2) is 0 Å². The Balaban J connectivity index is 0.00000312. The van der Waals surface area contributed by atoms with E-state index in [4.69, 9.17) is 0 Å². The number of anilines is 1. The molecule has 5 rings (SSSR count). The summed E-state index contributed by atoms with van der Waals surface area (Å²) in [5.74, 6) is 0.634. The topological polar surface area (TPSA) is 81.2 Å². The lowest BCUT2D eigenvalue weighted by Gasteiger charge is -2.33. The van der Waals surface area contributed by atoms with Crippen molar-refractivity contribution in [2.75, 3.05) is 64.8 Å². The Morgan fingerprint density at radius 3 is 1.88 bits per heavy atom. The van der Waals surface area contributed by atoms with Crippen molar-refractivity contribution in [1.29, 1.82) is 0 Å². The lowest BCUT2D eigenvalue weighted by molar-refractivity contribution is 0.188. The van der Waals surface area contributed by atoms with Crippen molar-refractivity contribution in [2.24, 2.45) is 5.92 Å². The van der Waals surface area contributed by atoms with Crippen molar-refractivity contribution >= 4 is 61.3 Å². The first-order valence-electron chi connectivity index (χ1n) is 16.6. The van der Waals surface area contributed by atoms with Gasteiger partial charge >= 0.3 is 0 Å². The van der Waals surface area contributed by atoms with Crippen LogP contribution in [-0.4, -0.2) is 90.3 Å². The second-order valence-electron chi connectivity index (χ2n) is 13.3. The summed E-state index contributed by atoms with van der Waals surface area (Å²) in [5, 5.41) is 1.55. The summed E-state index contributed by atoms with van der Waals surface area (Å²) in [4.78, 5) is 4.93. The van der Waals surface area contributed by atoms with Gasteiger partial charge < -0.3 is 9.80 Å². The summed E-state index contributed by atoms with van der Waals surface area (Å²) in [6, 6.07) is 18.1. The summed E-state index contributed by atoms with van der Waals surface area (Å²) in [6.45, 7) is 9.46. The van der Waals surface area contributed by atoms with Crippen molar-refractivity contribution in [1.82, 2.24) is 13.5 Å². The van der Waals surface area contributed by atoms with Gasteiger partial charge in [0.1, 0.15) is 0 Å². The molecule has 0 unspecified atom stereocenters. The van der Waals surface area contributed by atoms with Crippen molar-refractivity contribution in [2.45, 2.75) is 61.7 Å². The standard InChI is InChI=1S/C36H50N4O4S2.2ClH/c1-29-18-20-32(21-19-29)45(41,42)39-24-10-22-38(28-31-12-6-5-7-13-31)23-11-25-40(27-30(2)26-39)46(43,44)36-17-9-14-33-34(36)15-8-16-35(33)37(3)4;;/h8-9,14-21,31H,2,5-7,10-13,22-28H2,1,3-4H3;2*1H. The Morgan fingerprint density at radius 2 is 1.27 bits per heavy atom. The minimum absolute atomic E-state index is 0. The molecule has 8 nitrogen and oxygen atoms in total. The molecule has 1 heterocycles. The maximum Gasteiger partial charge on any atom is 0.243 e. The third-order valence-electron chi connectivity index (χ3n) is 9.42. The molecular formula is C36H52Cl2N4O4S2. The number of hydrogen-bond donors (Lipinski definition) is 0. The fourth-order valence-corrected chi connectivity index (χ4v) is 10.2. The first kappa shape index (κ1) is 40.3. The lowest BCUT2D eigenvalue weighted by atomic mass is 9.89. The molecular weight excluding hydrogens is 687 g/mol. The minimum Gasteiger partial charge on any atom is -0.377 e. The number of rotatable bonds is 7. The van der Waals surface area contributed by atoms with E-state index in [0.717, 1.165) is 36.3 Å². The van der Waals surface area contributed by atoms with Crippen LogP contribution < -0.4 is 4.90 Å². The Hall–Kier alpha value is -2.18. The Kier molecular flexibility index (Phi) is 14.8.